The monoisotopic (exact) mass is 367 g/mol. The van der Waals surface area contributed by atoms with Gasteiger partial charge < -0.3 is 5.32 Å². The summed E-state index contributed by atoms with van der Waals surface area (Å²) in [4.78, 5) is 17.3. The molecule has 6 heteroatoms. The lowest BCUT2D eigenvalue weighted by atomic mass is 10.1. The third kappa shape index (κ3) is 3.87. The first-order chi connectivity index (χ1) is 12.1. The Morgan fingerprint density at radius 3 is 2.80 bits per heavy atom. The molecule has 3 rings (SSSR count). The predicted molar refractivity (Wildman–Crippen MR) is 101 cm³/mol. The van der Waals surface area contributed by atoms with Crippen LogP contribution in [0.2, 0.25) is 5.02 Å². The summed E-state index contributed by atoms with van der Waals surface area (Å²) >= 11 is 7.47. The highest BCUT2D eigenvalue weighted by molar-refractivity contribution is 7.19. The fraction of sp³-hybridized carbons (Fsp3) is 0.105. The Kier molecular flexibility index (Phi) is 5.13. The van der Waals surface area contributed by atoms with E-state index in [0.29, 0.717) is 15.6 Å². The van der Waals surface area contributed by atoms with E-state index in [1.165, 1.54) is 11.3 Å². The van der Waals surface area contributed by atoms with Crippen LogP contribution < -0.4 is 5.32 Å². The number of aromatic nitrogens is 1. The van der Waals surface area contributed by atoms with E-state index in [2.05, 4.69) is 16.4 Å². The van der Waals surface area contributed by atoms with Crippen molar-refractivity contribution in [1.82, 2.24) is 4.98 Å². The van der Waals surface area contributed by atoms with Crippen molar-refractivity contribution in [1.29, 1.82) is 5.26 Å². The highest BCUT2D eigenvalue weighted by Gasteiger charge is 2.14. The number of hydrogen-bond donors (Lipinski definition) is 1. The average Bonchev–Trinajstić information content (AvgIpc) is 3.02. The van der Waals surface area contributed by atoms with E-state index in [0.717, 1.165) is 21.6 Å². The van der Waals surface area contributed by atoms with Gasteiger partial charge in [0.15, 0.2) is 0 Å². The number of carbonyl (C=O) groups excluding carboxylic acids is 1. The van der Waals surface area contributed by atoms with Crippen molar-refractivity contribution < 1.29 is 4.79 Å². The normalized spacial score (nSPS) is 10.3. The van der Waals surface area contributed by atoms with Crippen molar-refractivity contribution in [3.05, 3.63) is 70.5 Å². The van der Waals surface area contributed by atoms with E-state index >= 15 is 0 Å². The molecule has 0 radical (unpaired) electrons. The lowest BCUT2D eigenvalue weighted by Gasteiger charge is -2.07. The number of anilines is 1. The van der Waals surface area contributed by atoms with E-state index in [4.69, 9.17) is 11.6 Å². The van der Waals surface area contributed by atoms with Crippen molar-refractivity contribution in [2.75, 3.05) is 5.32 Å². The summed E-state index contributed by atoms with van der Waals surface area (Å²) in [5.74, 6) is -0.176. The Labute approximate surface area is 154 Å². The zero-order valence-electron chi connectivity index (χ0n) is 13.4. The van der Waals surface area contributed by atoms with Gasteiger partial charge in [-0.2, -0.15) is 5.26 Å². The molecule has 124 valence electrons. The maximum Gasteiger partial charge on any atom is 0.229 e. The van der Waals surface area contributed by atoms with Crippen molar-refractivity contribution in [2.24, 2.45) is 0 Å². The molecule has 0 atom stereocenters. The maximum absolute atomic E-state index is 12.4. The highest BCUT2D eigenvalue weighted by atomic mass is 35.5. The minimum absolute atomic E-state index is 0.176. The average molecular weight is 368 g/mol. The van der Waals surface area contributed by atoms with E-state index < -0.39 is 0 Å². The van der Waals surface area contributed by atoms with Crippen LogP contribution in [0.25, 0.3) is 10.4 Å². The second-order valence-corrected chi connectivity index (χ2v) is 6.91. The van der Waals surface area contributed by atoms with Crippen LogP contribution in [0.4, 0.5) is 5.00 Å². The standard InChI is InChI=1S/C19H14ClN3OS/c1-12-14(3-2-4-16(12)20)10-18(24)23-19-15(11-21)9-17(25-19)13-5-7-22-8-6-13/h2-9H,10H2,1H3,(H,23,24). The first-order valence-electron chi connectivity index (χ1n) is 7.56. The van der Waals surface area contributed by atoms with Crippen LogP contribution in [0.5, 0.6) is 0 Å². The fourth-order valence-corrected chi connectivity index (χ4v) is 3.64. The Balaban J connectivity index is 1.81. The summed E-state index contributed by atoms with van der Waals surface area (Å²) in [6.07, 6.45) is 3.60. The second kappa shape index (κ2) is 7.47. The molecule has 0 saturated carbocycles. The molecule has 2 aromatic heterocycles. The van der Waals surface area contributed by atoms with Crippen LogP contribution in [0.15, 0.2) is 48.8 Å². The van der Waals surface area contributed by atoms with Crippen LogP contribution in [-0.4, -0.2) is 10.9 Å². The summed E-state index contributed by atoms with van der Waals surface area (Å²) < 4.78 is 0. The molecule has 0 aliphatic carbocycles. The second-order valence-electron chi connectivity index (χ2n) is 5.45. The number of thiophene rings is 1. The highest BCUT2D eigenvalue weighted by Crippen LogP contribution is 2.35. The summed E-state index contributed by atoms with van der Waals surface area (Å²) in [5, 5.41) is 13.4. The largest absolute Gasteiger partial charge is 0.316 e. The quantitative estimate of drug-likeness (QED) is 0.718. The lowest BCUT2D eigenvalue weighted by Crippen LogP contribution is -2.14. The van der Waals surface area contributed by atoms with Gasteiger partial charge in [-0.3, -0.25) is 9.78 Å². The smallest absolute Gasteiger partial charge is 0.229 e. The van der Waals surface area contributed by atoms with Gasteiger partial charge in [0.25, 0.3) is 0 Å². The third-order valence-corrected chi connectivity index (χ3v) is 5.31. The van der Waals surface area contributed by atoms with Gasteiger partial charge in [-0.25, -0.2) is 0 Å². The van der Waals surface area contributed by atoms with Gasteiger partial charge in [0.1, 0.15) is 11.1 Å². The number of benzene rings is 1. The fourth-order valence-electron chi connectivity index (χ4n) is 2.41. The number of nitriles is 1. The number of rotatable bonds is 4. The van der Waals surface area contributed by atoms with Gasteiger partial charge in [0.2, 0.25) is 5.91 Å². The topological polar surface area (TPSA) is 65.8 Å². The van der Waals surface area contributed by atoms with Crippen LogP contribution in [-0.2, 0) is 11.2 Å². The molecule has 3 aromatic rings. The van der Waals surface area contributed by atoms with Crippen LogP contribution in [0.1, 0.15) is 16.7 Å². The zero-order chi connectivity index (χ0) is 17.8. The molecule has 25 heavy (non-hydrogen) atoms. The summed E-state index contributed by atoms with van der Waals surface area (Å²) in [5.41, 5.74) is 3.17. The number of nitrogens with zero attached hydrogens (tertiary/aromatic N) is 2. The minimum atomic E-state index is -0.176. The third-order valence-electron chi connectivity index (χ3n) is 3.80. The molecule has 2 heterocycles. The Morgan fingerprint density at radius 2 is 2.08 bits per heavy atom. The maximum atomic E-state index is 12.4. The molecule has 1 N–H and O–H groups in total. The molecule has 0 aliphatic heterocycles. The number of hydrogen-bond acceptors (Lipinski definition) is 4. The first-order valence-corrected chi connectivity index (χ1v) is 8.76. The summed E-state index contributed by atoms with van der Waals surface area (Å²) in [7, 11) is 0. The van der Waals surface area contributed by atoms with Crippen LogP contribution >= 0.6 is 22.9 Å². The molecule has 0 aliphatic rings. The van der Waals surface area contributed by atoms with E-state index in [9.17, 15) is 10.1 Å². The SMILES string of the molecule is Cc1c(Cl)cccc1CC(=O)Nc1sc(-c2ccncc2)cc1C#N. The number of pyridine rings is 1. The lowest BCUT2D eigenvalue weighted by molar-refractivity contribution is -0.115. The van der Waals surface area contributed by atoms with E-state index in [-0.39, 0.29) is 12.3 Å². The molecule has 1 aromatic carbocycles. The first kappa shape index (κ1) is 17.2. The van der Waals surface area contributed by atoms with Gasteiger partial charge in [0, 0.05) is 22.3 Å². The molecule has 1 amide bonds. The van der Waals surface area contributed by atoms with Crippen molar-refractivity contribution in [2.45, 2.75) is 13.3 Å². The number of nitrogens with one attached hydrogen (secondary N) is 1. The summed E-state index contributed by atoms with van der Waals surface area (Å²) in [6.45, 7) is 1.89. The molecule has 0 spiro atoms. The Morgan fingerprint density at radius 1 is 1.32 bits per heavy atom. The Hall–Kier alpha value is -2.68. The van der Waals surface area contributed by atoms with Gasteiger partial charge in [0.05, 0.1) is 12.0 Å². The van der Waals surface area contributed by atoms with Gasteiger partial charge in [-0.05, 0) is 47.9 Å². The van der Waals surface area contributed by atoms with E-state index in [1.807, 2.05) is 31.2 Å². The Bertz CT molecular complexity index is 961. The zero-order valence-corrected chi connectivity index (χ0v) is 15.0. The molecule has 0 saturated heterocycles. The van der Waals surface area contributed by atoms with Crippen molar-refractivity contribution in [3.63, 3.8) is 0 Å². The minimum Gasteiger partial charge on any atom is -0.316 e. The molecule has 4 nitrogen and oxygen atoms in total. The number of carbonyl (C=O) groups is 1. The number of amides is 1. The van der Waals surface area contributed by atoms with Gasteiger partial charge in [-0.15, -0.1) is 11.3 Å². The molecular weight excluding hydrogens is 354 g/mol. The molecule has 0 bridgehead atoms. The number of halogens is 1. The summed E-state index contributed by atoms with van der Waals surface area (Å²) in [6, 6.07) is 13.2. The predicted octanol–water partition coefficient (Wildman–Crippen LogP) is 4.82. The van der Waals surface area contributed by atoms with Gasteiger partial charge >= 0.3 is 0 Å². The molecule has 0 unspecified atom stereocenters. The van der Waals surface area contributed by atoms with Gasteiger partial charge in [-0.1, -0.05) is 23.7 Å². The van der Waals surface area contributed by atoms with Crippen molar-refractivity contribution >= 4 is 33.8 Å². The van der Waals surface area contributed by atoms with E-state index in [1.54, 1.807) is 24.5 Å². The molecular formula is C19H14ClN3OS. The van der Waals surface area contributed by atoms with Crippen LogP contribution in [0, 0.1) is 18.3 Å². The van der Waals surface area contributed by atoms with Crippen molar-refractivity contribution in [3.8, 4) is 16.5 Å². The van der Waals surface area contributed by atoms with Crippen LogP contribution in [0.3, 0.4) is 0 Å². The molecule has 0 fully saturated rings.